The van der Waals surface area contributed by atoms with E-state index in [1.165, 1.54) is 41.0 Å². The van der Waals surface area contributed by atoms with Crippen LogP contribution in [0.1, 0.15) is 58.1 Å². The second-order valence-electron chi connectivity index (χ2n) is 9.95. The van der Waals surface area contributed by atoms with Crippen LogP contribution in [-0.4, -0.2) is 50.2 Å². The smallest absolute Gasteiger partial charge is 0.263 e. The Kier molecular flexibility index (Phi) is 10.7. The lowest BCUT2D eigenvalue weighted by Gasteiger charge is -2.26. The Morgan fingerprint density at radius 2 is 1.80 bits per heavy atom. The zero-order valence-electron chi connectivity index (χ0n) is 22.8. The van der Waals surface area contributed by atoms with Crippen molar-refractivity contribution in [3.05, 3.63) is 93.1 Å². The maximum Gasteiger partial charge on any atom is 0.263 e. The Hall–Kier alpha value is -3.51. The summed E-state index contributed by atoms with van der Waals surface area (Å²) < 4.78 is 13.4. The van der Waals surface area contributed by atoms with Gasteiger partial charge in [-0.05, 0) is 63.3 Å². The minimum atomic E-state index is -1.08. The number of hydrogen-bond acceptors (Lipinski definition) is 8. The van der Waals surface area contributed by atoms with Crippen molar-refractivity contribution in [1.82, 2.24) is 20.6 Å². The molecule has 0 fully saturated rings. The van der Waals surface area contributed by atoms with Gasteiger partial charge in [-0.3, -0.25) is 9.59 Å². The molecular formula is C30H33FN4O4S2. The molecule has 2 aromatic heterocycles. The van der Waals surface area contributed by atoms with Gasteiger partial charge in [-0.2, -0.15) is 0 Å². The van der Waals surface area contributed by atoms with Gasteiger partial charge >= 0.3 is 0 Å². The van der Waals surface area contributed by atoms with Crippen LogP contribution in [0.5, 0.6) is 0 Å². The highest BCUT2D eigenvalue weighted by atomic mass is 32.1. The molecule has 0 radical (unpaired) electrons. The SMILES string of the molecule is Cc1cccc(-c2ncc(C(=O)N[C@@H](CCC(C)O)C(=O)N[C@@H](CCc3ccc(F)cc3)C(O)c3nccs3)s2)c1. The fraction of sp³-hybridized carbons (Fsp3) is 0.333. The summed E-state index contributed by atoms with van der Waals surface area (Å²) in [5, 5.41) is 29.5. The summed E-state index contributed by atoms with van der Waals surface area (Å²) in [6.45, 7) is 3.60. The Morgan fingerprint density at radius 1 is 1.02 bits per heavy atom. The van der Waals surface area contributed by atoms with Crippen LogP contribution in [-0.2, 0) is 11.2 Å². The van der Waals surface area contributed by atoms with Crippen molar-refractivity contribution >= 4 is 34.5 Å². The fourth-order valence-corrected chi connectivity index (χ4v) is 5.82. The maximum absolute atomic E-state index is 13.5. The summed E-state index contributed by atoms with van der Waals surface area (Å²) in [6, 6.07) is 12.2. The first kappa shape index (κ1) is 30.4. The summed E-state index contributed by atoms with van der Waals surface area (Å²) in [6.07, 6.45) is 2.61. The highest BCUT2D eigenvalue weighted by molar-refractivity contribution is 7.16. The molecular weight excluding hydrogens is 563 g/mol. The normalized spacial score (nSPS) is 14.2. The Bertz CT molecular complexity index is 1430. The van der Waals surface area contributed by atoms with Crippen molar-refractivity contribution < 1.29 is 24.2 Å². The third-order valence-electron chi connectivity index (χ3n) is 6.56. The molecule has 0 aliphatic heterocycles. The van der Waals surface area contributed by atoms with E-state index in [4.69, 9.17) is 0 Å². The molecule has 4 N–H and O–H groups in total. The van der Waals surface area contributed by atoms with Crippen LogP contribution in [0.15, 0.2) is 66.3 Å². The second-order valence-corrected chi connectivity index (χ2v) is 11.9. The number of carbonyl (C=O) groups is 2. The number of rotatable bonds is 13. The van der Waals surface area contributed by atoms with Gasteiger partial charge < -0.3 is 20.8 Å². The third kappa shape index (κ3) is 8.74. The van der Waals surface area contributed by atoms with Crippen LogP contribution < -0.4 is 10.6 Å². The van der Waals surface area contributed by atoms with Gasteiger partial charge in [0, 0.05) is 17.1 Å². The van der Waals surface area contributed by atoms with E-state index in [2.05, 4.69) is 20.6 Å². The van der Waals surface area contributed by atoms with Crippen LogP contribution in [0.3, 0.4) is 0 Å². The molecule has 0 bridgehead atoms. The first-order valence-electron chi connectivity index (χ1n) is 13.3. The Morgan fingerprint density at radius 3 is 2.49 bits per heavy atom. The largest absolute Gasteiger partial charge is 0.393 e. The number of hydrogen-bond donors (Lipinski definition) is 4. The summed E-state index contributed by atoms with van der Waals surface area (Å²) >= 11 is 2.50. The van der Waals surface area contributed by atoms with Gasteiger partial charge in [-0.1, -0.05) is 35.9 Å². The first-order valence-corrected chi connectivity index (χ1v) is 15.0. The van der Waals surface area contributed by atoms with E-state index in [1.54, 1.807) is 30.6 Å². The molecule has 2 unspecified atom stereocenters. The number of nitrogens with zero attached hydrogens (tertiary/aromatic N) is 2. The number of amides is 2. The maximum atomic E-state index is 13.5. The topological polar surface area (TPSA) is 124 Å². The monoisotopic (exact) mass is 596 g/mol. The number of aliphatic hydroxyl groups excluding tert-OH is 2. The second kappa shape index (κ2) is 14.4. The van der Waals surface area contributed by atoms with E-state index in [-0.39, 0.29) is 18.7 Å². The van der Waals surface area contributed by atoms with Crippen LogP contribution in [0.4, 0.5) is 4.39 Å². The molecule has 2 heterocycles. The molecule has 0 spiro atoms. The lowest BCUT2D eigenvalue weighted by Crippen LogP contribution is -2.51. The molecule has 0 saturated carbocycles. The van der Waals surface area contributed by atoms with E-state index in [0.717, 1.165) is 16.7 Å². The van der Waals surface area contributed by atoms with E-state index < -0.39 is 36.1 Å². The van der Waals surface area contributed by atoms with Crippen LogP contribution in [0, 0.1) is 12.7 Å². The van der Waals surface area contributed by atoms with Gasteiger partial charge in [0.25, 0.3) is 5.91 Å². The zero-order valence-corrected chi connectivity index (χ0v) is 24.4. The van der Waals surface area contributed by atoms with Gasteiger partial charge in [-0.15, -0.1) is 22.7 Å². The summed E-state index contributed by atoms with van der Waals surface area (Å²) in [7, 11) is 0. The molecule has 0 aliphatic carbocycles. The quantitative estimate of drug-likeness (QED) is 0.175. The van der Waals surface area contributed by atoms with Crippen molar-refractivity contribution in [2.45, 2.75) is 63.8 Å². The average molecular weight is 597 g/mol. The number of nitrogens with one attached hydrogen (secondary N) is 2. The van der Waals surface area contributed by atoms with Crippen LogP contribution in [0.2, 0.25) is 0 Å². The van der Waals surface area contributed by atoms with Crippen LogP contribution in [0.25, 0.3) is 10.6 Å². The number of benzene rings is 2. The zero-order chi connectivity index (χ0) is 29.4. The van der Waals surface area contributed by atoms with Crippen molar-refractivity contribution in [2.24, 2.45) is 0 Å². The molecule has 4 rings (SSSR count). The highest BCUT2D eigenvalue weighted by Gasteiger charge is 2.29. The number of aromatic nitrogens is 2. The van der Waals surface area contributed by atoms with E-state index >= 15 is 0 Å². The summed E-state index contributed by atoms with van der Waals surface area (Å²) in [5.41, 5.74) is 2.83. The number of carbonyl (C=O) groups excluding carboxylic acids is 2. The molecule has 11 heteroatoms. The molecule has 2 aromatic carbocycles. The molecule has 216 valence electrons. The number of aliphatic hydroxyl groups is 2. The summed E-state index contributed by atoms with van der Waals surface area (Å²) in [4.78, 5) is 35.7. The molecule has 41 heavy (non-hydrogen) atoms. The van der Waals surface area contributed by atoms with Gasteiger partial charge in [0.2, 0.25) is 5.91 Å². The van der Waals surface area contributed by atoms with Crippen molar-refractivity contribution in [3.63, 3.8) is 0 Å². The van der Waals surface area contributed by atoms with Gasteiger partial charge in [0.1, 0.15) is 32.9 Å². The van der Waals surface area contributed by atoms with Gasteiger partial charge in [0.15, 0.2) is 0 Å². The Labute approximate surface area is 246 Å². The molecule has 2 amide bonds. The van der Waals surface area contributed by atoms with Gasteiger partial charge in [-0.25, -0.2) is 14.4 Å². The predicted molar refractivity (Wildman–Crippen MR) is 158 cm³/mol. The standard InChI is InChI=1S/C30H33FN4O4S2/c1-18-4-3-5-21(16-18)29-33-17-25(41-29)28(39)35-24(12-6-19(2)36)27(38)34-23(26(37)30-32-14-15-40-30)13-9-20-7-10-22(31)11-8-20/h3-5,7-8,10-11,14-17,19,23-24,26,36-37H,6,9,12-13H2,1-2H3,(H,34,38)(H,35,39)/t19?,23-,24-,26?/m0/s1. The molecule has 4 atom stereocenters. The molecule has 8 nitrogen and oxygen atoms in total. The predicted octanol–water partition coefficient (Wildman–Crippen LogP) is 4.82. The average Bonchev–Trinajstić information content (AvgIpc) is 3.67. The highest BCUT2D eigenvalue weighted by Crippen LogP contribution is 2.26. The van der Waals surface area contributed by atoms with Gasteiger partial charge in [0.05, 0.1) is 18.3 Å². The molecule has 4 aromatic rings. The molecule has 0 aliphatic rings. The fourth-order valence-electron chi connectivity index (χ4n) is 4.31. The number of halogens is 1. The number of aryl methyl sites for hydroxylation is 2. The van der Waals surface area contributed by atoms with Crippen molar-refractivity contribution in [1.29, 1.82) is 0 Å². The minimum Gasteiger partial charge on any atom is -0.393 e. The Balaban J connectivity index is 1.49. The van der Waals surface area contributed by atoms with E-state index in [0.29, 0.717) is 27.7 Å². The minimum absolute atomic E-state index is 0.191. The van der Waals surface area contributed by atoms with Crippen molar-refractivity contribution in [2.75, 3.05) is 0 Å². The first-order chi connectivity index (χ1) is 19.7. The lowest BCUT2D eigenvalue weighted by molar-refractivity contribution is -0.125. The summed E-state index contributed by atoms with van der Waals surface area (Å²) in [5.74, 6) is -1.28. The lowest BCUT2D eigenvalue weighted by atomic mass is 10.00. The number of thiazole rings is 2. The van der Waals surface area contributed by atoms with Crippen LogP contribution >= 0.6 is 22.7 Å². The van der Waals surface area contributed by atoms with Crippen molar-refractivity contribution in [3.8, 4) is 10.6 Å². The van der Waals surface area contributed by atoms with E-state index in [1.807, 2.05) is 31.2 Å². The third-order valence-corrected chi connectivity index (χ3v) is 8.45. The van der Waals surface area contributed by atoms with E-state index in [9.17, 15) is 24.2 Å². The molecule has 0 saturated heterocycles.